The Hall–Kier alpha value is -3.09. The highest BCUT2D eigenvalue weighted by Gasteiger charge is 2.21. The molecular formula is C18H20N2O5. The van der Waals surface area contributed by atoms with Crippen LogP contribution in [0.4, 0.5) is 5.69 Å². The van der Waals surface area contributed by atoms with Gasteiger partial charge in [0, 0.05) is 19.8 Å². The number of benzene rings is 1. The third-order valence-corrected chi connectivity index (χ3v) is 3.54. The summed E-state index contributed by atoms with van der Waals surface area (Å²) in [6.45, 7) is 3.30. The van der Waals surface area contributed by atoms with Crippen molar-refractivity contribution < 1.29 is 23.5 Å². The standard InChI is InChI=1S/C18H20N2O5/c1-11-7-8-13(18(23)25-12(2)17(22)20(3)4)10-14(11)19-16(21)15-6-5-9-24-15/h5-10,12H,1-4H3,(H,19,21)/t12-/m0/s1. The summed E-state index contributed by atoms with van der Waals surface area (Å²) in [5.74, 6) is -1.21. The maximum atomic E-state index is 12.2. The van der Waals surface area contributed by atoms with E-state index in [0.717, 1.165) is 5.56 Å². The van der Waals surface area contributed by atoms with Crippen LogP contribution in [0.3, 0.4) is 0 Å². The topological polar surface area (TPSA) is 88.9 Å². The highest BCUT2D eigenvalue weighted by molar-refractivity contribution is 6.03. The third-order valence-electron chi connectivity index (χ3n) is 3.54. The van der Waals surface area contributed by atoms with Gasteiger partial charge in [0.25, 0.3) is 11.8 Å². The summed E-state index contributed by atoms with van der Waals surface area (Å²) in [5.41, 5.74) is 1.47. The van der Waals surface area contributed by atoms with Crippen LogP contribution in [0.5, 0.6) is 0 Å². The van der Waals surface area contributed by atoms with Crippen molar-refractivity contribution in [3.8, 4) is 0 Å². The van der Waals surface area contributed by atoms with Crippen LogP contribution >= 0.6 is 0 Å². The van der Waals surface area contributed by atoms with Crippen molar-refractivity contribution in [3.63, 3.8) is 0 Å². The van der Waals surface area contributed by atoms with Crippen LogP contribution in [0.2, 0.25) is 0 Å². The molecule has 7 heteroatoms. The first-order valence-electron chi connectivity index (χ1n) is 7.67. The number of rotatable bonds is 5. The van der Waals surface area contributed by atoms with Gasteiger partial charge in [0.15, 0.2) is 11.9 Å². The fourth-order valence-electron chi connectivity index (χ4n) is 2.12. The summed E-state index contributed by atoms with van der Waals surface area (Å²) in [4.78, 5) is 37.5. The number of amides is 2. The Morgan fingerprint density at radius 1 is 1.20 bits per heavy atom. The number of anilines is 1. The average molecular weight is 344 g/mol. The molecule has 0 saturated heterocycles. The number of likely N-dealkylation sites (N-methyl/N-ethyl adjacent to an activating group) is 1. The molecule has 0 saturated carbocycles. The molecule has 1 heterocycles. The van der Waals surface area contributed by atoms with Crippen LogP contribution in [-0.4, -0.2) is 42.9 Å². The predicted molar refractivity (Wildman–Crippen MR) is 91.4 cm³/mol. The molecule has 0 unspecified atom stereocenters. The van der Waals surface area contributed by atoms with Gasteiger partial charge in [-0.15, -0.1) is 0 Å². The molecule has 2 amide bonds. The third kappa shape index (κ3) is 4.47. The molecule has 1 aromatic carbocycles. The van der Waals surface area contributed by atoms with Crippen LogP contribution in [0.15, 0.2) is 41.0 Å². The van der Waals surface area contributed by atoms with Gasteiger partial charge in [-0.1, -0.05) is 6.07 Å². The molecule has 2 aromatic rings. The lowest BCUT2D eigenvalue weighted by molar-refractivity contribution is -0.137. The maximum absolute atomic E-state index is 12.2. The van der Waals surface area contributed by atoms with Gasteiger partial charge in [-0.3, -0.25) is 9.59 Å². The number of carbonyl (C=O) groups is 3. The van der Waals surface area contributed by atoms with E-state index in [0.29, 0.717) is 5.69 Å². The molecule has 0 radical (unpaired) electrons. The zero-order chi connectivity index (χ0) is 18.6. The smallest absolute Gasteiger partial charge is 0.338 e. The summed E-state index contributed by atoms with van der Waals surface area (Å²) >= 11 is 0. The second-order valence-corrected chi connectivity index (χ2v) is 5.74. The summed E-state index contributed by atoms with van der Waals surface area (Å²) in [5, 5.41) is 2.69. The van der Waals surface area contributed by atoms with E-state index >= 15 is 0 Å². The molecule has 0 aliphatic heterocycles. The van der Waals surface area contributed by atoms with E-state index in [-0.39, 0.29) is 17.2 Å². The van der Waals surface area contributed by atoms with Crippen LogP contribution in [0.25, 0.3) is 0 Å². The van der Waals surface area contributed by atoms with Crippen LogP contribution in [-0.2, 0) is 9.53 Å². The highest BCUT2D eigenvalue weighted by Crippen LogP contribution is 2.19. The fraction of sp³-hybridized carbons (Fsp3) is 0.278. The normalized spacial score (nSPS) is 11.5. The lowest BCUT2D eigenvalue weighted by atomic mass is 10.1. The molecule has 1 atom stereocenters. The van der Waals surface area contributed by atoms with E-state index in [1.807, 2.05) is 0 Å². The minimum Gasteiger partial charge on any atom is -0.459 e. The Kier molecular flexibility index (Phi) is 5.59. The second-order valence-electron chi connectivity index (χ2n) is 5.74. The zero-order valence-electron chi connectivity index (χ0n) is 14.5. The highest BCUT2D eigenvalue weighted by atomic mass is 16.5. The molecule has 1 aromatic heterocycles. The van der Waals surface area contributed by atoms with Crippen LogP contribution in [0.1, 0.15) is 33.4 Å². The first-order valence-corrected chi connectivity index (χ1v) is 7.67. The fourth-order valence-corrected chi connectivity index (χ4v) is 2.12. The summed E-state index contributed by atoms with van der Waals surface area (Å²) in [6.07, 6.45) is 0.503. The van der Waals surface area contributed by atoms with Gasteiger partial charge in [-0.2, -0.15) is 0 Å². The monoisotopic (exact) mass is 344 g/mol. The molecule has 0 aliphatic carbocycles. The minimum absolute atomic E-state index is 0.164. The van der Waals surface area contributed by atoms with Gasteiger partial charge in [0.2, 0.25) is 0 Å². The van der Waals surface area contributed by atoms with E-state index < -0.39 is 18.0 Å². The number of hydrogen-bond acceptors (Lipinski definition) is 5. The molecular weight excluding hydrogens is 324 g/mol. The van der Waals surface area contributed by atoms with Gasteiger partial charge in [0.1, 0.15) is 0 Å². The van der Waals surface area contributed by atoms with E-state index in [4.69, 9.17) is 9.15 Å². The summed E-state index contributed by atoms with van der Waals surface area (Å²) < 4.78 is 10.2. The number of ether oxygens (including phenoxy) is 1. The van der Waals surface area contributed by atoms with Crippen molar-refractivity contribution in [1.82, 2.24) is 4.90 Å². The molecule has 2 rings (SSSR count). The van der Waals surface area contributed by atoms with Gasteiger partial charge < -0.3 is 19.4 Å². The Morgan fingerprint density at radius 3 is 2.52 bits per heavy atom. The Bertz CT molecular complexity index is 781. The average Bonchev–Trinajstić information content (AvgIpc) is 3.10. The van der Waals surface area contributed by atoms with Gasteiger partial charge >= 0.3 is 5.97 Å². The maximum Gasteiger partial charge on any atom is 0.338 e. The Morgan fingerprint density at radius 2 is 1.92 bits per heavy atom. The Balaban J connectivity index is 2.13. The van der Waals surface area contributed by atoms with Crippen LogP contribution < -0.4 is 5.32 Å². The second kappa shape index (κ2) is 7.65. The number of hydrogen-bond donors (Lipinski definition) is 1. The van der Waals surface area contributed by atoms with Gasteiger partial charge in [0.05, 0.1) is 11.8 Å². The predicted octanol–water partition coefficient (Wildman–Crippen LogP) is 2.47. The zero-order valence-corrected chi connectivity index (χ0v) is 14.5. The lowest BCUT2D eigenvalue weighted by Crippen LogP contribution is -2.34. The number of carbonyl (C=O) groups excluding carboxylic acids is 3. The van der Waals surface area contributed by atoms with Crippen molar-refractivity contribution in [1.29, 1.82) is 0 Å². The molecule has 0 fully saturated rings. The first-order chi connectivity index (χ1) is 11.8. The SMILES string of the molecule is Cc1ccc(C(=O)O[C@@H](C)C(=O)N(C)C)cc1NC(=O)c1ccco1. The van der Waals surface area contributed by atoms with Gasteiger partial charge in [-0.05, 0) is 43.7 Å². The van der Waals surface area contributed by atoms with E-state index in [1.165, 1.54) is 30.2 Å². The number of nitrogens with zero attached hydrogens (tertiary/aromatic N) is 1. The molecule has 1 N–H and O–H groups in total. The number of esters is 1. The molecule has 132 valence electrons. The number of nitrogens with one attached hydrogen (secondary N) is 1. The molecule has 25 heavy (non-hydrogen) atoms. The molecule has 0 bridgehead atoms. The van der Waals surface area contributed by atoms with Gasteiger partial charge in [-0.25, -0.2) is 4.79 Å². The first kappa shape index (κ1) is 18.3. The molecule has 7 nitrogen and oxygen atoms in total. The summed E-state index contributed by atoms with van der Waals surface area (Å²) in [7, 11) is 3.17. The number of aryl methyl sites for hydroxylation is 1. The van der Waals surface area contributed by atoms with Crippen LogP contribution in [0, 0.1) is 6.92 Å². The number of furan rings is 1. The molecule has 0 aliphatic rings. The van der Waals surface area contributed by atoms with Crippen molar-refractivity contribution in [2.75, 3.05) is 19.4 Å². The van der Waals surface area contributed by atoms with Crippen molar-refractivity contribution in [2.24, 2.45) is 0 Å². The minimum atomic E-state index is -0.898. The van der Waals surface area contributed by atoms with Crippen molar-refractivity contribution in [3.05, 3.63) is 53.5 Å². The Labute approximate surface area is 145 Å². The van der Waals surface area contributed by atoms with Crippen molar-refractivity contribution >= 4 is 23.5 Å². The molecule has 0 spiro atoms. The lowest BCUT2D eigenvalue weighted by Gasteiger charge is -2.17. The quantitative estimate of drug-likeness (QED) is 0.842. The largest absolute Gasteiger partial charge is 0.459 e. The van der Waals surface area contributed by atoms with E-state index in [9.17, 15) is 14.4 Å². The van der Waals surface area contributed by atoms with E-state index in [2.05, 4.69) is 5.32 Å². The van der Waals surface area contributed by atoms with E-state index in [1.54, 1.807) is 39.2 Å². The summed E-state index contributed by atoms with van der Waals surface area (Å²) in [6, 6.07) is 7.92. The van der Waals surface area contributed by atoms with Crippen molar-refractivity contribution in [2.45, 2.75) is 20.0 Å².